The Balaban J connectivity index is 1.32. The second kappa shape index (κ2) is 7.92. The molecule has 144 valence electrons. The molecule has 2 fully saturated rings. The van der Waals surface area contributed by atoms with Crippen molar-refractivity contribution in [2.75, 3.05) is 18.4 Å². The number of nitrogens with zero attached hydrogens (tertiary/aromatic N) is 3. The molecule has 1 aromatic carbocycles. The molecule has 1 atom stereocenters. The summed E-state index contributed by atoms with van der Waals surface area (Å²) in [6.07, 6.45) is 9.42. The van der Waals surface area contributed by atoms with Gasteiger partial charge in [0.05, 0.1) is 0 Å². The summed E-state index contributed by atoms with van der Waals surface area (Å²) in [6.45, 7) is 4.90. The van der Waals surface area contributed by atoms with Gasteiger partial charge in [0.1, 0.15) is 5.82 Å². The number of likely N-dealkylation sites (tertiary alicyclic amines) is 1. The quantitative estimate of drug-likeness (QED) is 0.786. The summed E-state index contributed by atoms with van der Waals surface area (Å²) in [5, 5.41) is 2.68. The molecule has 0 radical (unpaired) electrons. The van der Waals surface area contributed by atoms with Crippen molar-refractivity contribution in [2.45, 2.75) is 31.6 Å². The maximum absolute atomic E-state index is 12.8. The van der Waals surface area contributed by atoms with Crippen LogP contribution in [0.4, 0.5) is 5.69 Å². The van der Waals surface area contributed by atoms with Crippen molar-refractivity contribution in [1.29, 1.82) is 0 Å². The van der Waals surface area contributed by atoms with Gasteiger partial charge < -0.3 is 10.2 Å². The Morgan fingerprint density at radius 3 is 2.50 bits per heavy atom. The smallest absolute Gasteiger partial charge is 0.253 e. The molecule has 1 saturated heterocycles. The summed E-state index contributed by atoms with van der Waals surface area (Å²) >= 11 is 0. The second-order valence-electron chi connectivity index (χ2n) is 7.59. The van der Waals surface area contributed by atoms with E-state index in [0.29, 0.717) is 23.1 Å². The molecule has 28 heavy (non-hydrogen) atoms. The molecule has 1 aliphatic heterocycles. The SMILES string of the molecule is C=CC(=O)Nc1ccc(C(=O)N2CC[C@@H](Cc3ncc(C4CC4)cn3)C2)cc1. The number of benzene rings is 1. The predicted molar refractivity (Wildman–Crippen MR) is 107 cm³/mol. The molecule has 2 amide bonds. The Kier molecular flexibility index (Phi) is 5.19. The molecule has 0 unspecified atom stereocenters. The van der Waals surface area contributed by atoms with E-state index in [1.807, 2.05) is 17.3 Å². The highest BCUT2D eigenvalue weighted by atomic mass is 16.2. The second-order valence-corrected chi connectivity index (χ2v) is 7.59. The summed E-state index contributed by atoms with van der Waals surface area (Å²) in [5.41, 5.74) is 2.52. The molecule has 1 saturated carbocycles. The van der Waals surface area contributed by atoms with Gasteiger partial charge in [-0.25, -0.2) is 9.97 Å². The van der Waals surface area contributed by atoms with E-state index in [-0.39, 0.29) is 11.8 Å². The van der Waals surface area contributed by atoms with Crippen LogP contribution < -0.4 is 5.32 Å². The lowest BCUT2D eigenvalue weighted by Gasteiger charge is -2.17. The fraction of sp³-hybridized carbons (Fsp3) is 0.364. The van der Waals surface area contributed by atoms with Gasteiger partial charge in [0.2, 0.25) is 5.91 Å². The van der Waals surface area contributed by atoms with Crippen LogP contribution in [-0.4, -0.2) is 39.8 Å². The van der Waals surface area contributed by atoms with Crippen LogP contribution in [0.3, 0.4) is 0 Å². The maximum atomic E-state index is 12.8. The number of hydrogen-bond acceptors (Lipinski definition) is 4. The molecule has 6 heteroatoms. The highest BCUT2D eigenvalue weighted by molar-refractivity contribution is 5.99. The maximum Gasteiger partial charge on any atom is 0.253 e. The Morgan fingerprint density at radius 1 is 1.14 bits per heavy atom. The lowest BCUT2D eigenvalue weighted by Crippen LogP contribution is -2.29. The predicted octanol–water partition coefficient (Wildman–Crippen LogP) is 3.18. The zero-order chi connectivity index (χ0) is 19.5. The Morgan fingerprint density at radius 2 is 1.86 bits per heavy atom. The standard InChI is InChI=1S/C22H24N4O2/c1-2-21(27)25-19-7-5-17(6-8-19)22(28)26-10-9-15(14-26)11-20-23-12-18(13-24-20)16-3-4-16/h2,5-8,12-13,15-16H,1,3-4,9-11,14H2,(H,25,27)/t15-/m0/s1. The van der Waals surface area contributed by atoms with Crippen molar-refractivity contribution in [3.63, 3.8) is 0 Å². The van der Waals surface area contributed by atoms with Crippen LogP contribution in [0.25, 0.3) is 0 Å². The number of anilines is 1. The first-order valence-electron chi connectivity index (χ1n) is 9.76. The highest BCUT2D eigenvalue weighted by Gasteiger charge is 2.28. The van der Waals surface area contributed by atoms with Gasteiger partial charge in [-0.15, -0.1) is 0 Å². The van der Waals surface area contributed by atoms with Crippen LogP contribution in [0.5, 0.6) is 0 Å². The normalized spacial score (nSPS) is 18.7. The van der Waals surface area contributed by atoms with Crippen LogP contribution >= 0.6 is 0 Å². The molecular weight excluding hydrogens is 352 g/mol. The minimum absolute atomic E-state index is 0.0223. The van der Waals surface area contributed by atoms with E-state index in [0.717, 1.165) is 31.8 Å². The van der Waals surface area contributed by atoms with E-state index in [1.165, 1.54) is 24.5 Å². The first-order valence-corrected chi connectivity index (χ1v) is 9.76. The van der Waals surface area contributed by atoms with Crippen molar-refractivity contribution in [3.8, 4) is 0 Å². The molecule has 0 bridgehead atoms. The first-order chi connectivity index (χ1) is 13.6. The number of carbonyl (C=O) groups excluding carboxylic acids is 2. The largest absolute Gasteiger partial charge is 0.338 e. The van der Waals surface area contributed by atoms with E-state index in [4.69, 9.17) is 0 Å². The van der Waals surface area contributed by atoms with Gasteiger partial charge in [-0.1, -0.05) is 6.58 Å². The molecule has 0 spiro atoms. The number of rotatable bonds is 6. The average Bonchev–Trinajstić information content (AvgIpc) is 3.47. The third-order valence-electron chi connectivity index (χ3n) is 5.40. The lowest BCUT2D eigenvalue weighted by atomic mass is 10.0. The third-order valence-corrected chi connectivity index (χ3v) is 5.40. The van der Waals surface area contributed by atoms with Crippen molar-refractivity contribution >= 4 is 17.5 Å². The van der Waals surface area contributed by atoms with Gasteiger partial charge in [0.25, 0.3) is 5.91 Å². The van der Waals surface area contributed by atoms with Crippen LogP contribution in [0, 0.1) is 5.92 Å². The monoisotopic (exact) mass is 376 g/mol. The first kappa shape index (κ1) is 18.3. The van der Waals surface area contributed by atoms with Crippen molar-refractivity contribution in [2.24, 2.45) is 5.92 Å². The number of aromatic nitrogens is 2. The van der Waals surface area contributed by atoms with Gasteiger partial charge in [0, 0.05) is 43.2 Å². The molecule has 1 aromatic heterocycles. The number of nitrogens with one attached hydrogen (secondary N) is 1. The summed E-state index contributed by atoms with van der Waals surface area (Å²) in [7, 11) is 0. The Hall–Kier alpha value is -3.02. The van der Waals surface area contributed by atoms with Gasteiger partial charge >= 0.3 is 0 Å². The average molecular weight is 376 g/mol. The van der Waals surface area contributed by atoms with Gasteiger partial charge in [-0.05, 0) is 67.0 Å². The summed E-state index contributed by atoms with van der Waals surface area (Å²) in [4.78, 5) is 35.0. The van der Waals surface area contributed by atoms with Crippen LogP contribution in [0.1, 0.15) is 46.9 Å². The summed E-state index contributed by atoms with van der Waals surface area (Å²) in [6, 6.07) is 6.96. The Bertz CT molecular complexity index is 872. The molecular formula is C22H24N4O2. The highest BCUT2D eigenvalue weighted by Crippen LogP contribution is 2.39. The van der Waals surface area contributed by atoms with Crippen molar-refractivity contribution < 1.29 is 9.59 Å². The zero-order valence-electron chi connectivity index (χ0n) is 15.8. The van der Waals surface area contributed by atoms with E-state index >= 15 is 0 Å². The molecule has 2 aliphatic rings. The molecule has 1 N–H and O–H groups in total. The zero-order valence-corrected chi connectivity index (χ0v) is 15.8. The number of carbonyl (C=O) groups is 2. The van der Waals surface area contributed by atoms with Gasteiger partial charge in [0.15, 0.2) is 0 Å². The molecule has 6 nitrogen and oxygen atoms in total. The Labute approximate surface area is 164 Å². The van der Waals surface area contributed by atoms with Crippen LogP contribution in [-0.2, 0) is 11.2 Å². The van der Waals surface area contributed by atoms with E-state index in [9.17, 15) is 9.59 Å². The van der Waals surface area contributed by atoms with E-state index < -0.39 is 0 Å². The topological polar surface area (TPSA) is 75.2 Å². The minimum Gasteiger partial charge on any atom is -0.338 e. The molecule has 2 heterocycles. The fourth-order valence-electron chi connectivity index (χ4n) is 3.61. The van der Waals surface area contributed by atoms with Gasteiger partial charge in [-0.3, -0.25) is 9.59 Å². The lowest BCUT2D eigenvalue weighted by molar-refractivity contribution is -0.111. The summed E-state index contributed by atoms with van der Waals surface area (Å²) in [5.74, 6) is 1.68. The molecule has 1 aliphatic carbocycles. The number of hydrogen-bond donors (Lipinski definition) is 1. The van der Waals surface area contributed by atoms with Gasteiger partial charge in [-0.2, -0.15) is 0 Å². The minimum atomic E-state index is -0.270. The van der Waals surface area contributed by atoms with Crippen LogP contribution in [0.15, 0.2) is 49.3 Å². The fourth-order valence-corrected chi connectivity index (χ4v) is 3.61. The van der Waals surface area contributed by atoms with Crippen LogP contribution in [0.2, 0.25) is 0 Å². The summed E-state index contributed by atoms with van der Waals surface area (Å²) < 4.78 is 0. The third kappa shape index (κ3) is 4.27. The van der Waals surface area contributed by atoms with Crippen molar-refractivity contribution in [3.05, 3.63) is 66.3 Å². The van der Waals surface area contributed by atoms with E-state index in [1.54, 1.807) is 24.3 Å². The van der Waals surface area contributed by atoms with E-state index in [2.05, 4.69) is 21.9 Å². The molecule has 4 rings (SSSR count). The molecule has 2 aromatic rings. The van der Waals surface area contributed by atoms with Crippen molar-refractivity contribution in [1.82, 2.24) is 14.9 Å². The number of amides is 2.